The molecule has 1 aliphatic heterocycles. The first-order chi connectivity index (χ1) is 9.25. The molecule has 1 aliphatic carbocycles. The molecule has 3 nitrogen and oxygen atoms in total. The molecular formula is C16H22N2O. The normalized spacial score (nSPS) is 25.5. The minimum atomic E-state index is 0.194. The molecule has 1 saturated carbocycles. The first-order valence-electron chi connectivity index (χ1n) is 7.42. The van der Waals surface area contributed by atoms with E-state index in [9.17, 15) is 4.79 Å². The van der Waals surface area contributed by atoms with Crippen molar-refractivity contribution in [1.82, 2.24) is 0 Å². The summed E-state index contributed by atoms with van der Waals surface area (Å²) in [4.78, 5) is 12.4. The minimum absolute atomic E-state index is 0.194. The van der Waals surface area contributed by atoms with E-state index in [2.05, 4.69) is 23.6 Å². The van der Waals surface area contributed by atoms with E-state index in [1.54, 1.807) is 0 Å². The van der Waals surface area contributed by atoms with E-state index in [-0.39, 0.29) is 11.8 Å². The van der Waals surface area contributed by atoms with Gasteiger partial charge in [-0.3, -0.25) is 4.79 Å². The second kappa shape index (κ2) is 5.24. The van der Waals surface area contributed by atoms with Crippen LogP contribution in [0.1, 0.15) is 38.2 Å². The molecule has 0 radical (unpaired) electrons. The fourth-order valence-electron chi connectivity index (χ4n) is 3.37. The zero-order valence-electron chi connectivity index (χ0n) is 11.5. The fourth-order valence-corrected chi connectivity index (χ4v) is 3.37. The third-order valence-corrected chi connectivity index (χ3v) is 4.53. The lowest BCUT2D eigenvalue weighted by atomic mass is 9.96. The average Bonchev–Trinajstić information content (AvgIpc) is 2.85. The molecule has 1 fully saturated rings. The highest BCUT2D eigenvalue weighted by Crippen LogP contribution is 2.34. The summed E-state index contributed by atoms with van der Waals surface area (Å²) in [7, 11) is 0. The predicted octanol–water partition coefficient (Wildman–Crippen LogP) is 3.42. The largest absolute Gasteiger partial charge is 0.383 e. The van der Waals surface area contributed by atoms with Gasteiger partial charge in [0.15, 0.2) is 0 Å². The van der Waals surface area contributed by atoms with Gasteiger partial charge in [0, 0.05) is 12.5 Å². The summed E-state index contributed by atoms with van der Waals surface area (Å²) in [6.07, 6.45) is 5.68. The molecule has 1 heterocycles. The third kappa shape index (κ3) is 2.46. The predicted molar refractivity (Wildman–Crippen MR) is 78.4 cm³/mol. The van der Waals surface area contributed by atoms with Crippen LogP contribution in [0, 0.1) is 11.8 Å². The number of benzene rings is 1. The lowest BCUT2D eigenvalue weighted by Gasteiger charge is -2.23. The monoisotopic (exact) mass is 258 g/mol. The SMILES string of the molecule is CC1CCCC1C(=O)Nc1cccc2c1NCCC2. The highest BCUT2D eigenvalue weighted by molar-refractivity contribution is 5.96. The number of hydrogen-bond acceptors (Lipinski definition) is 2. The van der Waals surface area contributed by atoms with E-state index in [1.165, 1.54) is 24.8 Å². The topological polar surface area (TPSA) is 41.1 Å². The highest BCUT2D eigenvalue weighted by atomic mass is 16.1. The average molecular weight is 258 g/mol. The van der Waals surface area contributed by atoms with Crippen molar-refractivity contribution >= 4 is 17.3 Å². The molecule has 2 aliphatic rings. The van der Waals surface area contributed by atoms with Gasteiger partial charge in [-0.25, -0.2) is 0 Å². The van der Waals surface area contributed by atoms with Crippen molar-refractivity contribution in [2.75, 3.05) is 17.2 Å². The second-order valence-corrected chi connectivity index (χ2v) is 5.87. The van der Waals surface area contributed by atoms with E-state index in [0.29, 0.717) is 5.92 Å². The Labute approximate surface area is 114 Å². The van der Waals surface area contributed by atoms with Crippen LogP contribution >= 0.6 is 0 Å². The molecule has 0 saturated heterocycles. The summed E-state index contributed by atoms with van der Waals surface area (Å²) in [5.41, 5.74) is 3.41. The number of rotatable bonds is 2. The number of aryl methyl sites for hydroxylation is 1. The molecule has 0 bridgehead atoms. The van der Waals surface area contributed by atoms with Crippen molar-refractivity contribution in [2.45, 2.75) is 39.0 Å². The molecule has 2 N–H and O–H groups in total. The van der Waals surface area contributed by atoms with E-state index >= 15 is 0 Å². The number of hydrogen-bond donors (Lipinski definition) is 2. The molecule has 1 aromatic rings. The van der Waals surface area contributed by atoms with Gasteiger partial charge in [0.2, 0.25) is 5.91 Å². The fraction of sp³-hybridized carbons (Fsp3) is 0.562. The Morgan fingerprint density at radius 2 is 2.21 bits per heavy atom. The quantitative estimate of drug-likeness (QED) is 0.853. The summed E-state index contributed by atoms with van der Waals surface area (Å²) in [6, 6.07) is 6.20. The van der Waals surface area contributed by atoms with Crippen molar-refractivity contribution in [2.24, 2.45) is 11.8 Å². The van der Waals surface area contributed by atoms with Crippen molar-refractivity contribution < 1.29 is 4.79 Å². The van der Waals surface area contributed by atoms with Crippen LogP contribution in [0.3, 0.4) is 0 Å². The molecule has 0 aromatic heterocycles. The maximum Gasteiger partial charge on any atom is 0.227 e. The van der Waals surface area contributed by atoms with Crippen LogP contribution in [0.2, 0.25) is 0 Å². The molecule has 2 unspecified atom stereocenters. The van der Waals surface area contributed by atoms with Crippen LogP contribution in [0.25, 0.3) is 0 Å². The summed E-state index contributed by atoms with van der Waals surface area (Å²) in [5.74, 6) is 0.915. The second-order valence-electron chi connectivity index (χ2n) is 5.87. The third-order valence-electron chi connectivity index (χ3n) is 4.53. The Kier molecular flexibility index (Phi) is 3.45. The molecule has 0 spiro atoms. The van der Waals surface area contributed by atoms with Gasteiger partial charge in [-0.05, 0) is 43.2 Å². The maximum absolute atomic E-state index is 12.4. The van der Waals surface area contributed by atoms with Crippen LogP contribution in [-0.4, -0.2) is 12.5 Å². The van der Waals surface area contributed by atoms with Gasteiger partial charge in [-0.15, -0.1) is 0 Å². The number of para-hydroxylation sites is 1. The molecule has 3 heteroatoms. The highest BCUT2D eigenvalue weighted by Gasteiger charge is 2.30. The molecular weight excluding hydrogens is 236 g/mol. The van der Waals surface area contributed by atoms with Gasteiger partial charge in [-0.2, -0.15) is 0 Å². The van der Waals surface area contributed by atoms with Gasteiger partial charge >= 0.3 is 0 Å². The Morgan fingerprint density at radius 1 is 1.32 bits per heavy atom. The Bertz CT molecular complexity index is 484. The number of anilines is 2. The van der Waals surface area contributed by atoms with Gasteiger partial charge in [0.05, 0.1) is 11.4 Å². The van der Waals surface area contributed by atoms with E-state index < -0.39 is 0 Å². The van der Waals surface area contributed by atoms with Gasteiger partial charge in [0.25, 0.3) is 0 Å². The van der Waals surface area contributed by atoms with Crippen molar-refractivity contribution in [3.63, 3.8) is 0 Å². The van der Waals surface area contributed by atoms with Gasteiger partial charge < -0.3 is 10.6 Å². The standard InChI is InChI=1S/C16H22N2O/c1-11-5-2-8-13(11)16(19)18-14-9-3-6-12-7-4-10-17-15(12)14/h3,6,9,11,13,17H,2,4-5,7-8,10H2,1H3,(H,18,19). The zero-order valence-corrected chi connectivity index (χ0v) is 11.5. The molecule has 1 amide bonds. The smallest absolute Gasteiger partial charge is 0.227 e. The van der Waals surface area contributed by atoms with Crippen LogP contribution in [0.4, 0.5) is 11.4 Å². The van der Waals surface area contributed by atoms with Crippen LogP contribution in [-0.2, 0) is 11.2 Å². The molecule has 2 atom stereocenters. The number of carbonyl (C=O) groups is 1. The van der Waals surface area contributed by atoms with Gasteiger partial charge in [-0.1, -0.05) is 25.5 Å². The number of amides is 1. The number of fused-ring (bicyclic) bond motifs is 1. The Hall–Kier alpha value is -1.51. The van der Waals surface area contributed by atoms with E-state index in [4.69, 9.17) is 0 Å². The number of nitrogens with one attached hydrogen (secondary N) is 2. The Balaban J connectivity index is 1.78. The van der Waals surface area contributed by atoms with Crippen molar-refractivity contribution in [3.8, 4) is 0 Å². The first kappa shape index (κ1) is 12.5. The Morgan fingerprint density at radius 3 is 3.00 bits per heavy atom. The van der Waals surface area contributed by atoms with Crippen LogP contribution in [0.5, 0.6) is 0 Å². The molecule has 19 heavy (non-hydrogen) atoms. The van der Waals surface area contributed by atoms with E-state index in [0.717, 1.165) is 30.8 Å². The number of carbonyl (C=O) groups excluding carboxylic acids is 1. The van der Waals surface area contributed by atoms with Gasteiger partial charge in [0.1, 0.15) is 0 Å². The van der Waals surface area contributed by atoms with Crippen LogP contribution in [0.15, 0.2) is 18.2 Å². The van der Waals surface area contributed by atoms with Crippen LogP contribution < -0.4 is 10.6 Å². The maximum atomic E-state index is 12.4. The summed E-state index contributed by atoms with van der Waals surface area (Å²) >= 11 is 0. The first-order valence-corrected chi connectivity index (χ1v) is 7.42. The zero-order chi connectivity index (χ0) is 13.2. The molecule has 1 aromatic carbocycles. The lowest BCUT2D eigenvalue weighted by molar-refractivity contribution is -0.120. The summed E-state index contributed by atoms with van der Waals surface area (Å²) in [5, 5.41) is 6.56. The van der Waals surface area contributed by atoms with Crippen molar-refractivity contribution in [3.05, 3.63) is 23.8 Å². The van der Waals surface area contributed by atoms with Crippen molar-refractivity contribution in [1.29, 1.82) is 0 Å². The van der Waals surface area contributed by atoms with E-state index in [1.807, 2.05) is 12.1 Å². The summed E-state index contributed by atoms with van der Waals surface area (Å²) in [6.45, 7) is 3.19. The summed E-state index contributed by atoms with van der Waals surface area (Å²) < 4.78 is 0. The molecule has 3 rings (SSSR count). The lowest BCUT2D eigenvalue weighted by Crippen LogP contribution is -2.25. The minimum Gasteiger partial charge on any atom is -0.383 e. The molecule has 102 valence electrons.